The normalized spacial score (nSPS) is 11.7. The Morgan fingerprint density at radius 3 is 2.44 bits per heavy atom. The van der Waals surface area contributed by atoms with Crippen molar-refractivity contribution in [3.63, 3.8) is 0 Å². The quantitative estimate of drug-likeness (QED) is 0.535. The number of hydrogen-bond acceptors (Lipinski definition) is 5. The summed E-state index contributed by atoms with van der Waals surface area (Å²) in [5, 5.41) is 3.66. The van der Waals surface area contributed by atoms with Crippen molar-refractivity contribution < 1.29 is 26.7 Å². The van der Waals surface area contributed by atoms with Gasteiger partial charge in [-0.1, -0.05) is 15.9 Å². The van der Waals surface area contributed by atoms with Crippen LogP contribution in [0.2, 0.25) is 0 Å². The standard InChI is InChI=1S/C15H13BrF2N2O4S/c1-23-14-8-10(2-7-13(14)24-15(17)18)9-19-20-25(21,22)12-5-3-11(16)4-6-12/h2-9,15,20H,1H3. The first-order valence-electron chi connectivity index (χ1n) is 6.75. The van der Waals surface area contributed by atoms with Gasteiger partial charge in [0.15, 0.2) is 11.5 Å². The van der Waals surface area contributed by atoms with E-state index < -0.39 is 16.6 Å². The summed E-state index contributed by atoms with van der Waals surface area (Å²) < 4.78 is 58.7. The van der Waals surface area contributed by atoms with Crippen LogP contribution < -0.4 is 14.3 Å². The molecule has 0 bridgehead atoms. The second kappa shape index (κ2) is 8.26. The Morgan fingerprint density at radius 2 is 1.84 bits per heavy atom. The molecule has 25 heavy (non-hydrogen) atoms. The number of methoxy groups -OCH3 is 1. The average molecular weight is 435 g/mol. The Bertz CT molecular complexity index is 858. The zero-order valence-electron chi connectivity index (χ0n) is 12.8. The highest BCUT2D eigenvalue weighted by Crippen LogP contribution is 2.28. The molecule has 0 aliphatic carbocycles. The first-order chi connectivity index (χ1) is 11.8. The van der Waals surface area contributed by atoms with Gasteiger partial charge in [-0.3, -0.25) is 0 Å². The predicted octanol–water partition coefficient (Wildman–Crippen LogP) is 3.37. The van der Waals surface area contributed by atoms with Crippen LogP contribution in [0.1, 0.15) is 5.56 Å². The highest BCUT2D eigenvalue weighted by atomic mass is 79.9. The van der Waals surface area contributed by atoms with Gasteiger partial charge in [-0.25, -0.2) is 4.83 Å². The average Bonchev–Trinajstić information content (AvgIpc) is 2.56. The van der Waals surface area contributed by atoms with Crippen LogP contribution in [0.4, 0.5) is 8.78 Å². The molecule has 0 fully saturated rings. The third-order valence-corrected chi connectivity index (χ3v) is 4.68. The fourth-order valence-corrected chi connectivity index (χ4v) is 2.85. The lowest BCUT2D eigenvalue weighted by atomic mass is 10.2. The summed E-state index contributed by atoms with van der Waals surface area (Å²) in [7, 11) is -2.51. The maximum Gasteiger partial charge on any atom is 0.387 e. The summed E-state index contributed by atoms with van der Waals surface area (Å²) in [6.45, 7) is -2.98. The van der Waals surface area contributed by atoms with Gasteiger partial charge < -0.3 is 9.47 Å². The molecule has 2 rings (SSSR count). The Balaban J connectivity index is 2.12. The van der Waals surface area contributed by atoms with E-state index in [1.165, 1.54) is 43.7 Å². The van der Waals surface area contributed by atoms with Gasteiger partial charge in [0.2, 0.25) is 0 Å². The molecule has 0 unspecified atom stereocenters. The largest absolute Gasteiger partial charge is 0.493 e. The summed E-state index contributed by atoms with van der Waals surface area (Å²) >= 11 is 3.22. The highest BCUT2D eigenvalue weighted by molar-refractivity contribution is 9.10. The van der Waals surface area contributed by atoms with E-state index in [4.69, 9.17) is 4.74 Å². The molecule has 0 aliphatic rings. The van der Waals surface area contributed by atoms with Crippen molar-refractivity contribution >= 4 is 32.2 Å². The van der Waals surface area contributed by atoms with Gasteiger partial charge in [-0.15, -0.1) is 0 Å². The SMILES string of the molecule is COc1cc(C=NNS(=O)(=O)c2ccc(Br)cc2)ccc1OC(F)F. The molecular weight excluding hydrogens is 422 g/mol. The lowest BCUT2D eigenvalue weighted by Gasteiger charge is -2.10. The number of hydrazone groups is 1. The van der Waals surface area contributed by atoms with Gasteiger partial charge in [0.25, 0.3) is 10.0 Å². The summed E-state index contributed by atoms with van der Waals surface area (Å²) in [5.74, 6) is -0.0647. The minimum Gasteiger partial charge on any atom is -0.493 e. The summed E-state index contributed by atoms with van der Waals surface area (Å²) in [6, 6.07) is 10.1. The summed E-state index contributed by atoms with van der Waals surface area (Å²) in [6.07, 6.45) is 1.21. The molecule has 0 amide bonds. The molecular formula is C15H13BrF2N2O4S. The van der Waals surface area contributed by atoms with E-state index in [1.54, 1.807) is 12.1 Å². The predicted molar refractivity (Wildman–Crippen MR) is 91.7 cm³/mol. The van der Waals surface area contributed by atoms with E-state index in [1.807, 2.05) is 0 Å². The lowest BCUT2D eigenvalue weighted by Crippen LogP contribution is -2.18. The van der Waals surface area contributed by atoms with Crippen LogP contribution in [0, 0.1) is 0 Å². The number of halogens is 3. The topological polar surface area (TPSA) is 77.0 Å². The van der Waals surface area contributed by atoms with Gasteiger partial charge in [0.1, 0.15) is 0 Å². The summed E-state index contributed by atoms with van der Waals surface area (Å²) in [5.41, 5.74) is 0.428. The molecule has 0 aliphatic heterocycles. The van der Waals surface area contributed by atoms with Crippen LogP contribution in [0.25, 0.3) is 0 Å². The van der Waals surface area contributed by atoms with Crippen molar-refractivity contribution in [3.05, 3.63) is 52.5 Å². The Kier molecular flexibility index (Phi) is 6.32. The molecule has 0 spiro atoms. The molecule has 10 heteroatoms. The van der Waals surface area contributed by atoms with Crippen LogP contribution in [0.3, 0.4) is 0 Å². The number of alkyl halides is 2. The third kappa shape index (κ3) is 5.40. The maximum atomic E-state index is 12.3. The van der Waals surface area contributed by atoms with Crippen LogP contribution in [0.15, 0.2) is 56.9 Å². The molecule has 0 heterocycles. The smallest absolute Gasteiger partial charge is 0.387 e. The molecule has 2 aromatic rings. The van der Waals surface area contributed by atoms with E-state index in [0.29, 0.717) is 5.56 Å². The van der Waals surface area contributed by atoms with Gasteiger partial charge in [0, 0.05) is 4.47 Å². The number of ether oxygens (including phenoxy) is 2. The Labute approximate surface area is 151 Å². The number of nitrogens with zero attached hydrogens (tertiary/aromatic N) is 1. The van der Waals surface area contributed by atoms with Gasteiger partial charge in [0.05, 0.1) is 18.2 Å². The fourth-order valence-electron chi connectivity index (χ4n) is 1.79. The minimum atomic E-state index is -3.81. The van der Waals surface area contributed by atoms with E-state index in [0.717, 1.165) is 4.47 Å². The second-order valence-electron chi connectivity index (χ2n) is 4.60. The number of nitrogens with one attached hydrogen (secondary N) is 1. The number of rotatable bonds is 7. The van der Waals surface area contributed by atoms with Crippen molar-refractivity contribution in [1.29, 1.82) is 0 Å². The van der Waals surface area contributed by atoms with Gasteiger partial charge in [-0.05, 0) is 48.0 Å². The van der Waals surface area contributed by atoms with Crippen LogP contribution in [-0.2, 0) is 10.0 Å². The van der Waals surface area contributed by atoms with Crippen LogP contribution in [-0.4, -0.2) is 28.4 Å². The summed E-state index contributed by atoms with van der Waals surface area (Å²) in [4.78, 5) is 2.11. The Hall–Kier alpha value is -2.20. The van der Waals surface area contributed by atoms with E-state index in [-0.39, 0.29) is 16.4 Å². The Morgan fingerprint density at radius 1 is 1.16 bits per heavy atom. The maximum absolute atomic E-state index is 12.3. The highest BCUT2D eigenvalue weighted by Gasteiger charge is 2.13. The van der Waals surface area contributed by atoms with Crippen molar-refractivity contribution in [1.82, 2.24) is 4.83 Å². The van der Waals surface area contributed by atoms with Gasteiger partial charge in [-0.2, -0.15) is 22.3 Å². The van der Waals surface area contributed by atoms with Crippen LogP contribution >= 0.6 is 15.9 Å². The number of sulfonamides is 1. The first-order valence-corrected chi connectivity index (χ1v) is 9.03. The molecule has 134 valence electrons. The van der Waals surface area contributed by atoms with E-state index >= 15 is 0 Å². The molecule has 0 saturated carbocycles. The third-order valence-electron chi connectivity index (χ3n) is 2.91. The number of hydrogen-bond donors (Lipinski definition) is 1. The molecule has 1 N–H and O–H groups in total. The molecule has 0 radical (unpaired) electrons. The van der Waals surface area contributed by atoms with Crippen molar-refractivity contribution in [2.75, 3.05) is 7.11 Å². The number of benzene rings is 2. The monoisotopic (exact) mass is 434 g/mol. The van der Waals surface area contributed by atoms with Crippen LogP contribution in [0.5, 0.6) is 11.5 Å². The second-order valence-corrected chi connectivity index (χ2v) is 7.17. The fraction of sp³-hybridized carbons (Fsp3) is 0.133. The van der Waals surface area contributed by atoms with Crippen molar-refractivity contribution in [3.8, 4) is 11.5 Å². The molecule has 2 aromatic carbocycles. The van der Waals surface area contributed by atoms with Gasteiger partial charge >= 0.3 is 6.61 Å². The molecule has 0 aromatic heterocycles. The molecule has 0 atom stereocenters. The first kappa shape index (κ1) is 19.1. The lowest BCUT2D eigenvalue weighted by molar-refractivity contribution is -0.0512. The van der Waals surface area contributed by atoms with E-state index in [9.17, 15) is 17.2 Å². The van der Waals surface area contributed by atoms with Crippen molar-refractivity contribution in [2.45, 2.75) is 11.5 Å². The molecule has 0 saturated heterocycles. The zero-order chi connectivity index (χ0) is 18.4. The van der Waals surface area contributed by atoms with E-state index in [2.05, 4.69) is 30.6 Å². The van der Waals surface area contributed by atoms with Crippen molar-refractivity contribution in [2.24, 2.45) is 5.10 Å². The zero-order valence-corrected chi connectivity index (χ0v) is 15.2. The molecule has 6 nitrogen and oxygen atoms in total. The minimum absolute atomic E-state index is 0.0473.